The van der Waals surface area contributed by atoms with Gasteiger partial charge in [-0.1, -0.05) is 72.1 Å². The third kappa shape index (κ3) is 19.3. The van der Waals surface area contributed by atoms with Gasteiger partial charge in [0.1, 0.15) is 0 Å². The Hall–Kier alpha value is 0.367. The summed E-state index contributed by atoms with van der Waals surface area (Å²) in [6.45, 7) is 10.6. The minimum atomic E-state index is -2.77. The Morgan fingerprint density at radius 3 is 1.79 bits per heavy atom. The van der Waals surface area contributed by atoms with E-state index in [1.165, 1.54) is 57.8 Å². The summed E-state index contributed by atoms with van der Waals surface area (Å²) in [5.41, 5.74) is 0. The van der Waals surface area contributed by atoms with E-state index in [1.807, 2.05) is 0 Å². The van der Waals surface area contributed by atoms with E-state index in [2.05, 4.69) is 58.8 Å². The van der Waals surface area contributed by atoms with E-state index in [0.29, 0.717) is 24.4 Å². The summed E-state index contributed by atoms with van der Waals surface area (Å²) >= 11 is 4.93. The van der Waals surface area contributed by atoms with Crippen LogP contribution in [0, 0.1) is 5.92 Å². The van der Waals surface area contributed by atoms with E-state index >= 15 is 0 Å². The second-order valence-electron chi connectivity index (χ2n) is 10.1. The molecular formula is C26H58N2O3SSi. The van der Waals surface area contributed by atoms with Crippen molar-refractivity contribution in [2.45, 2.75) is 103 Å². The largest absolute Gasteiger partial charge is 0.501 e. The number of likely N-dealkylation sites (N-methyl/N-ethyl adjacent to an activating group) is 2. The monoisotopic (exact) mass is 506 g/mol. The molecule has 7 heteroatoms. The highest BCUT2D eigenvalue weighted by Crippen LogP contribution is 2.26. The van der Waals surface area contributed by atoms with Crippen LogP contribution in [0.25, 0.3) is 0 Å². The van der Waals surface area contributed by atoms with Gasteiger partial charge in [-0.2, -0.15) is 12.6 Å². The Labute approximate surface area is 214 Å². The maximum absolute atomic E-state index is 6.67. The van der Waals surface area contributed by atoms with E-state index in [1.54, 1.807) is 0 Å². The van der Waals surface area contributed by atoms with Gasteiger partial charge in [0.15, 0.2) is 0 Å². The Morgan fingerprint density at radius 2 is 1.27 bits per heavy atom. The topological polar surface area (TPSA) is 34.2 Å². The number of rotatable bonds is 24. The van der Waals surface area contributed by atoms with Crippen LogP contribution in [0.1, 0.15) is 91.4 Å². The lowest BCUT2D eigenvalue weighted by Crippen LogP contribution is -2.49. The molecule has 0 fully saturated rings. The third-order valence-corrected chi connectivity index (χ3v) is 9.54. The molecule has 5 nitrogen and oxygen atoms in total. The Bertz CT molecular complexity index is 416. The summed E-state index contributed by atoms with van der Waals surface area (Å²) < 4.78 is 19.7. The van der Waals surface area contributed by atoms with E-state index in [-0.39, 0.29) is 0 Å². The maximum atomic E-state index is 6.67. The molecule has 0 spiro atoms. The number of unbranched alkanes of at least 4 members (excludes halogenated alkanes) is 5. The summed E-state index contributed by atoms with van der Waals surface area (Å²) in [7, 11) is 5.56. The van der Waals surface area contributed by atoms with Crippen LogP contribution in [0.15, 0.2) is 0 Å². The Balaban J connectivity index is 5.12. The molecule has 0 saturated heterocycles. The SMILES string of the molecule is CCCCCCCC(S)CC[Si](OCCN(C)C)(OCCN(C)C)OCC(CC)CCCC. The smallest absolute Gasteiger partial charge is 0.373 e. The maximum Gasteiger partial charge on any atom is 0.501 e. The average molecular weight is 507 g/mol. The lowest BCUT2D eigenvalue weighted by Gasteiger charge is -2.33. The molecule has 0 aromatic heterocycles. The summed E-state index contributed by atoms with van der Waals surface area (Å²) in [6, 6.07) is 0.862. The van der Waals surface area contributed by atoms with Gasteiger partial charge >= 0.3 is 8.80 Å². The molecule has 0 aromatic carbocycles. The summed E-state index contributed by atoms with van der Waals surface area (Å²) in [5.74, 6) is 0.581. The number of nitrogens with zero attached hydrogens (tertiary/aromatic N) is 2. The fraction of sp³-hybridized carbons (Fsp3) is 1.00. The molecular weight excluding hydrogens is 448 g/mol. The van der Waals surface area contributed by atoms with Crippen LogP contribution in [-0.2, 0) is 13.3 Å². The van der Waals surface area contributed by atoms with Gasteiger partial charge < -0.3 is 23.1 Å². The van der Waals surface area contributed by atoms with Crippen molar-refractivity contribution >= 4 is 21.4 Å². The lowest BCUT2D eigenvalue weighted by atomic mass is 10.0. The highest BCUT2D eigenvalue weighted by atomic mass is 32.1. The van der Waals surface area contributed by atoms with E-state index in [4.69, 9.17) is 25.9 Å². The Kier molecular flexibility index (Phi) is 21.9. The summed E-state index contributed by atoms with van der Waals surface area (Å²) in [4.78, 5) is 4.32. The second-order valence-corrected chi connectivity index (χ2v) is 13.6. The first-order valence-electron chi connectivity index (χ1n) is 13.7. The van der Waals surface area contributed by atoms with Gasteiger partial charge in [0.2, 0.25) is 0 Å². The number of hydrogen-bond donors (Lipinski definition) is 1. The minimum absolute atomic E-state index is 0.388. The molecule has 0 radical (unpaired) electrons. The molecule has 0 heterocycles. The Morgan fingerprint density at radius 1 is 0.697 bits per heavy atom. The predicted octanol–water partition coefficient (Wildman–Crippen LogP) is 6.36. The normalized spacial score (nSPS) is 14.4. The third-order valence-electron chi connectivity index (χ3n) is 6.23. The molecule has 0 aliphatic heterocycles. The fourth-order valence-electron chi connectivity index (χ4n) is 3.72. The second kappa shape index (κ2) is 21.6. The average Bonchev–Trinajstić information content (AvgIpc) is 2.77. The van der Waals surface area contributed by atoms with Crippen LogP contribution in [0.2, 0.25) is 6.04 Å². The molecule has 33 heavy (non-hydrogen) atoms. The highest BCUT2D eigenvalue weighted by molar-refractivity contribution is 7.80. The minimum Gasteiger partial charge on any atom is -0.373 e. The molecule has 200 valence electrons. The predicted molar refractivity (Wildman–Crippen MR) is 150 cm³/mol. The van der Waals surface area contributed by atoms with Crippen molar-refractivity contribution in [3.05, 3.63) is 0 Å². The molecule has 0 saturated carbocycles. The van der Waals surface area contributed by atoms with Crippen LogP contribution in [0.4, 0.5) is 0 Å². The van der Waals surface area contributed by atoms with Crippen LogP contribution in [-0.4, -0.2) is 85.0 Å². The van der Waals surface area contributed by atoms with Gasteiger partial charge in [-0.15, -0.1) is 0 Å². The van der Waals surface area contributed by atoms with Crippen LogP contribution in [0.3, 0.4) is 0 Å². The van der Waals surface area contributed by atoms with E-state index < -0.39 is 8.80 Å². The fourth-order valence-corrected chi connectivity index (χ4v) is 6.96. The number of hydrogen-bond acceptors (Lipinski definition) is 6. The van der Waals surface area contributed by atoms with Gasteiger partial charge in [-0.25, -0.2) is 0 Å². The summed E-state index contributed by atoms with van der Waals surface area (Å²) in [5, 5.41) is 0.388. The van der Waals surface area contributed by atoms with Crippen molar-refractivity contribution in [3.8, 4) is 0 Å². The molecule has 2 unspecified atom stereocenters. The number of thiol groups is 1. The molecule has 0 aromatic rings. The molecule has 0 N–H and O–H groups in total. The molecule has 0 amide bonds. The van der Waals surface area contributed by atoms with Crippen molar-refractivity contribution in [1.29, 1.82) is 0 Å². The molecule has 0 aliphatic carbocycles. The van der Waals surface area contributed by atoms with Crippen LogP contribution in [0.5, 0.6) is 0 Å². The van der Waals surface area contributed by atoms with Crippen molar-refractivity contribution in [2.24, 2.45) is 5.92 Å². The van der Waals surface area contributed by atoms with E-state index in [9.17, 15) is 0 Å². The van der Waals surface area contributed by atoms with Gasteiger partial charge in [0, 0.05) is 31.0 Å². The lowest BCUT2D eigenvalue weighted by molar-refractivity contribution is 0.0386. The van der Waals surface area contributed by atoms with Crippen LogP contribution < -0.4 is 0 Å². The van der Waals surface area contributed by atoms with Crippen molar-refractivity contribution in [2.75, 3.05) is 61.1 Å². The van der Waals surface area contributed by atoms with Crippen molar-refractivity contribution < 1.29 is 13.3 Å². The van der Waals surface area contributed by atoms with E-state index in [0.717, 1.165) is 38.6 Å². The quantitative estimate of drug-likeness (QED) is 0.0935. The molecule has 0 rings (SSSR count). The first-order chi connectivity index (χ1) is 15.8. The van der Waals surface area contributed by atoms with Gasteiger partial charge in [0.05, 0.1) is 13.2 Å². The zero-order valence-electron chi connectivity index (χ0n) is 23.2. The van der Waals surface area contributed by atoms with Gasteiger partial charge in [-0.05, 0) is 53.4 Å². The van der Waals surface area contributed by atoms with Crippen LogP contribution >= 0.6 is 12.6 Å². The highest BCUT2D eigenvalue weighted by Gasteiger charge is 2.42. The first kappa shape index (κ1) is 33.4. The standard InChI is InChI=1S/C26H58N2O3SSi/c1-8-11-13-14-15-17-26(32)18-23-33(29-21-19-27(4)5,30-22-20-28(6)7)31-24-25(10-3)16-12-9-2/h25-26,32H,8-24H2,1-7H3. The molecule has 0 bridgehead atoms. The zero-order chi connectivity index (χ0) is 25.0. The zero-order valence-corrected chi connectivity index (χ0v) is 25.1. The summed E-state index contributed by atoms with van der Waals surface area (Å²) in [6.07, 6.45) is 13.6. The molecule has 2 atom stereocenters. The van der Waals surface area contributed by atoms with Crippen molar-refractivity contribution in [3.63, 3.8) is 0 Å². The van der Waals surface area contributed by atoms with Gasteiger partial charge in [-0.3, -0.25) is 0 Å². The van der Waals surface area contributed by atoms with Crippen molar-refractivity contribution in [1.82, 2.24) is 9.80 Å². The molecule has 0 aliphatic rings. The van der Waals surface area contributed by atoms with Gasteiger partial charge in [0.25, 0.3) is 0 Å². The first-order valence-corrected chi connectivity index (χ1v) is 16.1.